The normalized spacial score (nSPS) is 24.4. The van der Waals surface area contributed by atoms with Crippen LogP contribution >= 0.6 is 0 Å². The SMILES string of the molecule is CC(C)(C)OC(=O)NC1CCCC[C@H]1n1c(=O)c2cc3c(=O)n(C4CCCC[C@H]4n4c(=O)c5cc6c(=O)n(C7CCCC[C@H]7NC(=O)OC(C)(C)C)c(=O)c6cc5c4=O)c(=O)c3cc2c1=O.NC1CCCC[C@H]1n1c(=O)c2cc3c(=O)n(C4CCCC[C@H]4n4c(=O)c5cc6c(=O)n(C7CCCC[C@H]7N)c(=O)c6cc5c4=O)c(=O)c3cc2c1=O. The molecule has 6 saturated carbocycles. The third kappa shape index (κ3) is 12.7. The summed E-state index contributed by atoms with van der Waals surface area (Å²) in [5.74, 6) is 0. The van der Waals surface area contributed by atoms with E-state index in [1.165, 1.54) is 57.7 Å². The third-order valence-electron chi connectivity index (χ3n) is 26.3. The van der Waals surface area contributed by atoms with Gasteiger partial charge in [0.25, 0.3) is 88.9 Å². The van der Waals surface area contributed by atoms with Crippen LogP contribution in [0.5, 0.6) is 0 Å². The molecule has 0 radical (unpaired) electrons. The van der Waals surface area contributed by atoms with Crippen LogP contribution in [0.4, 0.5) is 9.59 Å². The van der Waals surface area contributed by atoms with Gasteiger partial charge in [0.1, 0.15) is 11.2 Å². The van der Waals surface area contributed by atoms with Crippen LogP contribution in [0.25, 0.3) is 86.2 Å². The minimum atomic E-state index is -0.959. The van der Waals surface area contributed by atoms with Gasteiger partial charge < -0.3 is 31.6 Å². The lowest BCUT2D eigenvalue weighted by Gasteiger charge is -2.33. The van der Waals surface area contributed by atoms with Crippen molar-refractivity contribution in [3.05, 3.63) is 214 Å². The quantitative estimate of drug-likeness (QED) is 0.124. The molecule has 0 aliphatic heterocycles. The highest BCUT2D eigenvalue weighted by Crippen LogP contribution is 2.40. The summed E-state index contributed by atoms with van der Waals surface area (Å²) in [4.78, 5) is 250. The first-order chi connectivity index (χ1) is 56.1. The molecule has 0 spiro atoms. The first-order valence-electron chi connectivity index (χ1n) is 41.4. The maximum atomic E-state index is 14.4. The van der Waals surface area contributed by atoms with E-state index in [9.17, 15) is 86.3 Å². The standard InChI is InChI=1S/C48H54N6O12.C38H38N6O8/c1-47(2,3)65-45(63)49-31-13-7-9-15-33(31)51-37(55)23-19-27-28(20-24(23)38(51)56)42(60)53(41(27)59)35-17-11-12-18-36(35)54-43(61)29-21-25-26(22-30(29)44(54)62)40(58)52(39(25)57)34-16-10-8-14-32(34)50-46(64)66-48(4,5)6;39-25-7-1-3-9-27(25)41-31(45)17-13-21-22(14-18(17)32(41)46)36(50)43(35(21)49)29-11-5-6-12-30(29)44-37(51)23-15-19-20(16-24(23)38(44)52)34(48)42(33(19)47)28-10-4-2-8-26(28)40/h19-22,31-36H,7-18H2,1-6H3,(H,49,63)(H,50,64);13-16,25-30H,1-12,39-40H2/t31-,32?,33?,34-,35-,36?;25-,26?,27?,28-,29-,30?/m11/s1. The second-order valence-corrected chi connectivity index (χ2v) is 35.7. The van der Waals surface area contributed by atoms with E-state index < -0.39 is 173 Å². The number of carbonyl (C=O) groups excluding carboxylic acids is 2. The minimum Gasteiger partial charge on any atom is -0.444 e. The van der Waals surface area contributed by atoms with E-state index in [0.717, 1.165) is 65.9 Å². The lowest BCUT2D eigenvalue weighted by atomic mass is 9.90. The van der Waals surface area contributed by atoms with E-state index in [2.05, 4.69) is 10.6 Å². The van der Waals surface area contributed by atoms with Crippen LogP contribution in [0.3, 0.4) is 0 Å². The topological polar surface area (TPSA) is 441 Å². The van der Waals surface area contributed by atoms with Gasteiger partial charge in [-0.1, -0.05) is 77.0 Å². The summed E-state index contributed by atoms with van der Waals surface area (Å²) in [6.07, 6.45) is 13.0. The fourth-order valence-electron chi connectivity index (χ4n) is 20.9. The number of rotatable bonds is 10. The molecule has 18 rings (SSSR count). The van der Waals surface area contributed by atoms with Crippen molar-refractivity contribution in [2.75, 3.05) is 0 Å². The van der Waals surface area contributed by atoms with E-state index in [-0.39, 0.29) is 111 Å². The summed E-state index contributed by atoms with van der Waals surface area (Å²) < 4.78 is 19.6. The minimum absolute atomic E-state index is 0.0120. The highest BCUT2D eigenvalue weighted by atomic mass is 16.6. The number of ether oxygens (including phenoxy) is 2. The molecular weight excluding hydrogens is 1520 g/mol. The number of carbonyl (C=O) groups is 2. The highest BCUT2D eigenvalue weighted by molar-refractivity contribution is 6.01. The molecule has 118 heavy (non-hydrogen) atoms. The van der Waals surface area contributed by atoms with Gasteiger partial charge in [-0.3, -0.25) is 113 Å². The first-order valence-corrected chi connectivity index (χ1v) is 41.4. The molecule has 6 aliphatic rings. The lowest BCUT2D eigenvalue weighted by Crippen LogP contribution is -2.48. The molecule has 2 amide bonds. The van der Waals surface area contributed by atoms with Crippen LogP contribution in [-0.4, -0.2) is 84.1 Å². The Labute approximate surface area is 666 Å². The van der Waals surface area contributed by atoms with Crippen LogP contribution < -0.4 is 111 Å². The third-order valence-corrected chi connectivity index (χ3v) is 26.3. The number of nitrogens with zero attached hydrogens (tertiary/aromatic N) is 8. The zero-order valence-corrected chi connectivity index (χ0v) is 66.4. The van der Waals surface area contributed by atoms with Crippen molar-refractivity contribution in [2.24, 2.45) is 11.5 Å². The van der Waals surface area contributed by atoms with Crippen LogP contribution in [-0.2, 0) is 9.47 Å². The van der Waals surface area contributed by atoms with E-state index in [4.69, 9.17) is 20.9 Å². The number of fused-ring (bicyclic) bond motifs is 8. The Bertz CT molecular complexity index is 6440. The summed E-state index contributed by atoms with van der Waals surface area (Å²) in [5.41, 5.74) is 0.705. The molecule has 616 valence electrons. The number of nitrogens with one attached hydrogen (secondary N) is 2. The molecule has 8 heterocycles. The molecule has 6 aliphatic carbocycles. The zero-order chi connectivity index (χ0) is 83.6. The maximum absolute atomic E-state index is 14.4. The number of hydrogen-bond donors (Lipinski definition) is 4. The van der Waals surface area contributed by atoms with Crippen molar-refractivity contribution in [3.8, 4) is 0 Å². The van der Waals surface area contributed by atoms with E-state index in [1.807, 2.05) is 0 Å². The van der Waals surface area contributed by atoms with Crippen LogP contribution in [0, 0.1) is 0 Å². The van der Waals surface area contributed by atoms with Gasteiger partial charge in [-0.15, -0.1) is 0 Å². The molecule has 0 saturated heterocycles. The lowest BCUT2D eigenvalue weighted by molar-refractivity contribution is 0.0459. The summed E-state index contributed by atoms with van der Waals surface area (Å²) in [5, 5.41) is 5.30. The number of benzene rings is 4. The molecule has 6 N–H and O–H groups in total. The number of hydrogen-bond acceptors (Lipinski definition) is 22. The molecule has 12 atom stereocenters. The smallest absolute Gasteiger partial charge is 0.407 e. The van der Waals surface area contributed by atoms with E-state index >= 15 is 0 Å². The Kier molecular flexibility index (Phi) is 19.5. The van der Waals surface area contributed by atoms with Gasteiger partial charge in [-0.2, -0.15) is 0 Å². The summed E-state index contributed by atoms with van der Waals surface area (Å²) in [6.45, 7) is 10.4. The average molecular weight is 1610 g/mol. The van der Waals surface area contributed by atoms with Gasteiger partial charge >= 0.3 is 12.2 Å². The van der Waals surface area contributed by atoms with Gasteiger partial charge in [0.05, 0.1) is 147 Å². The Morgan fingerprint density at radius 2 is 0.390 bits per heavy atom. The van der Waals surface area contributed by atoms with Crippen LogP contribution in [0.15, 0.2) is 125 Å². The summed E-state index contributed by atoms with van der Waals surface area (Å²) in [7, 11) is 0. The first kappa shape index (κ1) is 79.0. The zero-order valence-electron chi connectivity index (χ0n) is 66.4. The monoisotopic (exact) mass is 1610 g/mol. The van der Waals surface area contributed by atoms with Gasteiger partial charge in [0.2, 0.25) is 0 Å². The predicted octanol–water partition coefficient (Wildman–Crippen LogP) is 5.89. The second kappa shape index (κ2) is 29.2. The molecule has 4 aromatic carbocycles. The van der Waals surface area contributed by atoms with E-state index in [1.54, 1.807) is 41.5 Å². The van der Waals surface area contributed by atoms with Crippen LogP contribution in [0.2, 0.25) is 0 Å². The summed E-state index contributed by atoms with van der Waals surface area (Å²) >= 11 is 0. The van der Waals surface area contributed by atoms with Gasteiger partial charge in [0.15, 0.2) is 0 Å². The number of aromatic nitrogens is 8. The van der Waals surface area contributed by atoms with Crippen molar-refractivity contribution in [3.63, 3.8) is 0 Å². The van der Waals surface area contributed by atoms with Crippen molar-refractivity contribution in [1.82, 2.24) is 47.2 Å². The predicted molar refractivity (Wildman–Crippen MR) is 445 cm³/mol. The Morgan fingerprint density at radius 1 is 0.246 bits per heavy atom. The molecule has 8 aromatic heterocycles. The molecule has 0 bridgehead atoms. The van der Waals surface area contributed by atoms with E-state index in [0.29, 0.717) is 103 Å². The molecule has 32 heteroatoms. The molecule has 12 aromatic rings. The Morgan fingerprint density at radius 3 is 0.568 bits per heavy atom. The highest BCUT2D eigenvalue weighted by Gasteiger charge is 2.42. The van der Waals surface area contributed by atoms with Crippen LogP contribution in [0.1, 0.15) is 244 Å². The van der Waals surface area contributed by atoms with Crippen molar-refractivity contribution < 1.29 is 19.1 Å². The Balaban J connectivity index is 0.000000174. The van der Waals surface area contributed by atoms with Gasteiger partial charge in [-0.05, 0) is 167 Å². The number of alkyl carbamates (subject to hydrolysis) is 2. The van der Waals surface area contributed by atoms with Crippen molar-refractivity contribution >= 4 is 98.4 Å². The number of amides is 2. The number of nitrogens with two attached hydrogens (primary N) is 2. The molecule has 6 unspecified atom stereocenters. The van der Waals surface area contributed by atoms with Crippen molar-refractivity contribution in [2.45, 2.75) is 279 Å². The van der Waals surface area contributed by atoms with Gasteiger partial charge in [-0.25, -0.2) is 9.59 Å². The fraction of sp³-hybridized carbons (Fsp3) is 0.512. The second-order valence-electron chi connectivity index (χ2n) is 35.7. The molecule has 6 fully saturated rings. The fourth-order valence-corrected chi connectivity index (χ4v) is 20.9. The van der Waals surface area contributed by atoms with Crippen molar-refractivity contribution in [1.29, 1.82) is 0 Å². The molecule has 32 nitrogen and oxygen atoms in total. The maximum Gasteiger partial charge on any atom is 0.407 e. The largest absolute Gasteiger partial charge is 0.444 e. The Hall–Kier alpha value is -11.5. The van der Waals surface area contributed by atoms with Gasteiger partial charge in [0, 0.05) is 12.1 Å². The summed E-state index contributed by atoms with van der Waals surface area (Å²) in [6, 6.07) is 2.51. The average Bonchev–Trinajstić information content (AvgIpc) is 1.57. The molecular formula is C86H92N12O20.